The molecule has 1 aromatic carbocycles. The lowest BCUT2D eigenvalue weighted by molar-refractivity contribution is -0.117. The van der Waals surface area contributed by atoms with Gasteiger partial charge in [-0.05, 0) is 23.7 Å². The van der Waals surface area contributed by atoms with Crippen LogP contribution >= 0.6 is 24.0 Å². The van der Waals surface area contributed by atoms with Gasteiger partial charge in [-0.25, -0.2) is 0 Å². The van der Waals surface area contributed by atoms with E-state index in [0.29, 0.717) is 6.42 Å². The number of thioether (sulfide) groups is 1. The number of thiocarbonyl (C=S) groups is 1. The van der Waals surface area contributed by atoms with Crippen molar-refractivity contribution < 1.29 is 4.79 Å². The van der Waals surface area contributed by atoms with E-state index in [9.17, 15) is 4.79 Å². The number of fused-ring (bicyclic) bond motifs is 1. The predicted octanol–water partition coefficient (Wildman–Crippen LogP) is 1.99. The number of rotatable bonds is 4. The van der Waals surface area contributed by atoms with Gasteiger partial charge in [0.1, 0.15) is 0 Å². The van der Waals surface area contributed by atoms with Crippen LogP contribution in [0.25, 0.3) is 0 Å². The molecule has 2 fully saturated rings. The molecule has 4 rings (SSSR count). The highest BCUT2D eigenvalue weighted by atomic mass is 32.2. The summed E-state index contributed by atoms with van der Waals surface area (Å²) in [4.78, 5) is 20.8. The van der Waals surface area contributed by atoms with Crippen molar-refractivity contribution in [2.24, 2.45) is 4.99 Å². The van der Waals surface area contributed by atoms with E-state index in [1.54, 1.807) is 0 Å². The molecule has 0 bridgehead atoms. The van der Waals surface area contributed by atoms with Gasteiger partial charge in [0.2, 0.25) is 5.91 Å². The molecule has 2 saturated heterocycles. The number of benzene rings is 1. The van der Waals surface area contributed by atoms with Crippen molar-refractivity contribution in [3.63, 3.8) is 0 Å². The fourth-order valence-corrected chi connectivity index (χ4v) is 4.72. The van der Waals surface area contributed by atoms with Crippen molar-refractivity contribution in [2.75, 3.05) is 39.4 Å². The van der Waals surface area contributed by atoms with E-state index in [4.69, 9.17) is 12.2 Å². The highest BCUT2D eigenvalue weighted by Crippen LogP contribution is 2.29. The molecule has 0 aliphatic carbocycles. The number of amides is 1. The summed E-state index contributed by atoms with van der Waals surface area (Å²) in [5.74, 6) is -0.0332. The van der Waals surface area contributed by atoms with Gasteiger partial charge in [0, 0.05) is 45.7 Å². The van der Waals surface area contributed by atoms with Crippen molar-refractivity contribution in [1.82, 2.24) is 19.8 Å². The Kier molecular flexibility index (Phi) is 5.54. The Labute approximate surface area is 163 Å². The molecule has 3 aliphatic heterocycles. The number of carbonyl (C=O) groups excluding carboxylic acids is 1. The molecule has 138 valence electrons. The van der Waals surface area contributed by atoms with Crippen LogP contribution < -0.4 is 0 Å². The second-order valence-corrected chi connectivity index (χ2v) is 8.40. The van der Waals surface area contributed by atoms with Gasteiger partial charge in [0.15, 0.2) is 9.49 Å². The Balaban J connectivity index is 1.32. The number of hydrazine groups is 1. The fraction of sp³-hybridized carbons (Fsp3) is 0.500. The summed E-state index contributed by atoms with van der Waals surface area (Å²) in [6.07, 6.45) is 1.36. The molecule has 8 heteroatoms. The van der Waals surface area contributed by atoms with Crippen LogP contribution in [0.5, 0.6) is 0 Å². The Hall–Kier alpha value is -1.48. The van der Waals surface area contributed by atoms with Crippen LogP contribution in [0.4, 0.5) is 0 Å². The third-order valence-electron chi connectivity index (χ3n) is 4.93. The summed E-state index contributed by atoms with van der Waals surface area (Å²) in [5.41, 5.74) is 1.37. The zero-order chi connectivity index (χ0) is 17.9. The standard InChI is InChI=1S/C18H23N5OS2/c24-16-7-4-8-22-17(19-16)26-18(25)23(22)14-21-11-9-20(10-12-21)13-15-5-2-1-3-6-15/h1-3,5-6H,4,7-14H2. The summed E-state index contributed by atoms with van der Waals surface area (Å²) < 4.78 is 0.796. The SMILES string of the molecule is O=C1CCCN2C(=N1)SC(=S)N2CN1CCN(Cc2ccccc2)CC1. The van der Waals surface area contributed by atoms with Gasteiger partial charge in [0.25, 0.3) is 0 Å². The van der Waals surface area contributed by atoms with E-state index in [0.717, 1.165) is 61.8 Å². The topological polar surface area (TPSA) is 42.4 Å². The Morgan fingerprint density at radius 1 is 1.04 bits per heavy atom. The zero-order valence-electron chi connectivity index (χ0n) is 14.7. The molecule has 0 unspecified atom stereocenters. The largest absolute Gasteiger partial charge is 0.297 e. The summed E-state index contributed by atoms with van der Waals surface area (Å²) in [5, 5.41) is 4.96. The van der Waals surface area contributed by atoms with Crippen LogP contribution in [0.2, 0.25) is 0 Å². The quantitative estimate of drug-likeness (QED) is 0.730. The molecule has 0 aromatic heterocycles. The first-order valence-electron chi connectivity index (χ1n) is 9.06. The monoisotopic (exact) mass is 389 g/mol. The highest BCUT2D eigenvalue weighted by molar-refractivity contribution is 8.33. The minimum absolute atomic E-state index is 0.0332. The fourth-order valence-electron chi connectivity index (χ4n) is 3.48. The van der Waals surface area contributed by atoms with Crippen molar-refractivity contribution in [3.8, 4) is 0 Å². The van der Waals surface area contributed by atoms with Gasteiger partial charge in [-0.1, -0.05) is 42.5 Å². The third kappa shape index (κ3) is 4.09. The lowest BCUT2D eigenvalue weighted by Gasteiger charge is -2.39. The first-order valence-corrected chi connectivity index (χ1v) is 10.3. The normalized spacial score (nSPS) is 22.4. The smallest absolute Gasteiger partial charge is 0.248 e. The van der Waals surface area contributed by atoms with Crippen molar-refractivity contribution in [1.29, 1.82) is 0 Å². The van der Waals surface area contributed by atoms with Gasteiger partial charge in [-0.15, -0.1) is 0 Å². The summed E-state index contributed by atoms with van der Waals surface area (Å²) in [6, 6.07) is 10.6. The molecule has 3 aliphatic rings. The van der Waals surface area contributed by atoms with Crippen LogP contribution in [0.15, 0.2) is 35.3 Å². The average Bonchev–Trinajstić information content (AvgIpc) is 2.81. The Bertz CT molecular complexity index is 703. The highest BCUT2D eigenvalue weighted by Gasteiger charge is 2.35. The number of hydrogen-bond donors (Lipinski definition) is 0. The number of aliphatic imine (C=N–C) groups is 1. The van der Waals surface area contributed by atoms with E-state index in [1.807, 2.05) is 0 Å². The maximum Gasteiger partial charge on any atom is 0.248 e. The van der Waals surface area contributed by atoms with E-state index in [1.165, 1.54) is 17.3 Å². The maximum absolute atomic E-state index is 11.7. The Morgan fingerprint density at radius 3 is 2.54 bits per heavy atom. The number of amidine groups is 1. The molecular formula is C18H23N5OS2. The molecule has 0 N–H and O–H groups in total. The van der Waals surface area contributed by atoms with Crippen LogP contribution in [-0.2, 0) is 11.3 Å². The molecule has 0 saturated carbocycles. The number of piperazine rings is 1. The molecule has 1 amide bonds. The minimum Gasteiger partial charge on any atom is -0.297 e. The molecular weight excluding hydrogens is 366 g/mol. The van der Waals surface area contributed by atoms with Crippen molar-refractivity contribution in [3.05, 3.63) is 35.9 Å². The summed E-state index contributed by atoms with van der Waals surface area (Å²) in [6.45, 7) is 6.76. The molecule has 0 spiro atoms. The van der Waals surface area contributed by atoms with Gasteiger partial charge in [-0.2, -0.15) is 4.99 Å². The second kappa shape index (κ2) is 8.04. The van der Waals surface area contributed by atoms with E-state index in [-0.39, 0.29) is 5.91 Å². The molecule has 1 aromatic rings. The summed E-state index contributed by atoms with van der Waals surface area (Å²) in [7, 11) is 0. The van der Waals surface area contributed by atoms with Gasteiger partial charge >= 0.3 is 0 Å². The van der Waals surface area contributed by atoms with Crippen LogP contribution in [0, 0.1) is 0 Å². The molecule has 3 heterocycles. The van der Waals surface area contributed by atoms with Crippen molar-refractivity contribution in [2.45, 2.75) is 19.4 Å². The van der Waals surface area contributed by atoms with Gasteiger partial charge in [0.05, 0.1) is 6.67 Å². The zero-order valence-corrected chi connectivity index (χ0v) is 16.3. The first-order chi connectivity index (χ1) is 12.7. The van der Waals surface area contributed by atoms with Crippen LogP contribution in [0.3, 0.4) is 0 Å². The lowest BCUT2D eigenvalue weighted by atomic mass is 10.2. The average molecular weight is 390 g/mol. The van der Waals surface area contributed by atoms with Crippen molar-refractivity contribution >= 4 is 39.4 Å². The maximum atomic E-state index is 11.7. The van der Waals surface area contributed by atoms with Gasteiger partial charge in [-0.3, -0.25) is 24.6 Å². The van der Waals surface area contributed by atoms with E-state index < -0.39 is 0 Å². The molecule has 0 radical (unpaired) electrons. The van der Waals surface area contributed by atoms with Crippen LogP contribution in [-0.4, -0.2) is 74.6 Å². The van der Waals surface area contributed by atoms with E-state index in [2.05, 4.69) is 55.1 Å². The predicted molar refractivity (Wildman–Crippen MR) is 109 cm³/mol. The molecule has 0 atom stereocenters. The number of carbonyl (C=O) groups is 1. The Morgan fingerprint density at radius 2 is 1.77 bits per heavy atom. The molecule has 26 heavy (non-hydrogen) atoms. The first kappa shape index (κ1) is 17.9. The third-order valence-corrected chi connectivity index (χ3v) is 6.26. The van der Waals surface area contributed by atoms with E-state index >= 15 is 0 Å². The van der Waals surface area contributed by atoms with Crippen LogP contribution in [0.1, 0.15) is 18.4 Å². The molecule has 6 nitrogen and oxygen atoms in total. The second-order valence-electron chi connectivity index (χ2n) is 6.80. The number of nitrogens with zero attached hydrogens (tertiary/aromatic N) is 5. The number of hydrogen-bond acceptors (Lipinski definition) is 6. The summed E-state index contributed by atoms with van der Waals surface area (Å²) >= 11 is 6.98. The lowest BCUT2D eigenvalue weighted by Crippen LogP contribution is -2.53. The minimum atomic E-state index is -0.0332. The van der Waals surface area contributed by atoms with Gasteiger partial charge < -0.3 is 0 Å².